The monoisotopic (exact) mass is 397 g/mol. The summed E-state index contributed by atoms with van der Waals surface area (Å²) in [6.45, 7) is 1.97. The van der Waals surface area contributed by atoms with Gasteiger partial charge >= 0.3 is 0 Å². The minimum absolute atomic E-state index is 0.0797. The summed E-state index contributed by atoms with van der Waals surface area (Å²) in [6, 6.07) is 21.3. The number of aliphatic carboxylic acids is 1. The summed E-state index contributed by atoms with van der Waals surface area (Å²) in [5, 5.41) is 23.5. The average molecular weight is 397 g/mol. The zero-order valence-corrected chi connectivity index (χ0v) is 16.2. The van der Waals surface area contributed by atoms with Crippen LogP contribution in [0.4, 0.5) is 5.69 Å². The standard InChI is InChI=1S/C24H18N2O4/c1-15-7-9-17(10-8-15)24-20(14-22(27)28)23(16-5-3-2-4-6-16)19-13-18(26(29)30)11-12-21(19)25-24/h2-13H,14H2,1H3,(H,27,28)/p-1. The summed E-state index contributed by atoms with van der Waals surface area (Å²) in [6.07, 6.45) is -0.362. The van der Waals surface area contributed by atoms with Gasteiger partial charge in [-0.1, -0.05) is 60.2 Å². The SMILES string of the molecule is Cc1ccc(-c2nc3ccc([N+](=O)[O-])cc3c(-c3ccccc3)c2CC(=O)[O-])cc1. The van der Waals surface area contributed by atoms with Gasteiger partial charge in [0.25, 0.3) is 5.69 Å². The van der Waals surface area contributed by atoms with Crippen LogP contribution in [0.2, 0.25) is 0 Å². The average Bonchev–Trinajstić information content (AvgIpc) is 2.73. The third kappa shape index (κ3) is 3.63. The highest BCUT2D eigenvalue weighted by Crippen LogP contribution is 2.38. The van der Waals surface area contributed by atoms with Crippen LogP contribution in [0.5, 0.6) is 0 Å². The van der Waals surface area contributed by atoms with E-state index in [-0.39, 0.29) is 12.1 Å². The molecule has 0 aliphatic heterocycles. The fourth-order valence-corrected chi connectivity index (χ4v) is 3.61. The van der Waals surface area contributed by atoms with Gasteiger partial charge in [-0.2, -0.15) is 0 Å². The topological polar surface area (TPSA) is 96.2 Å². The van der Waals surface area contributed by atoms with Crippen LogP contribution in [0.15, 0.2) is 72.8 Å². The smallest absolute Gasteiger partial charge is 0.270 e. The number of hydrogen-bond donors (Lipinski definition) is 0. The van der Waals surface area contributed by atoms with Gasteiger partial charge in [0.2, 0.25) is 0 Å². The van der Waals surface area contributed by atoms with Gasteiger partial charge in [0.05, 0.1) is 16.1 Å². The molecule has 0 saturated carbocycles. The number of carbonyl (C=O) groups is 1. The molecule has 30 heavy (non-hydrogen) atoms. The molecule has 0 saturated heterocycles. The molecule has 0 atom stereocenters. The summed E-state index contributed by atoms with van der Waals surface area (Å²) < 4.78 is 0. The molecular weight excluding hydrogens is 380 g/mol. The maximum Gasteiger partial charge on any atom is 0.270 e. The molecule has 3 aromatic carbocycles. The van der Waals surface area contributed by atoms with Crippen LogP contribution in [0.1, 0.15) is 11.1 Å². The molecule has 0 spiro atoms. The Balaban J connectivity index is 2.14. The number of aryl methyl sites for hydroxylation is 1. The van der Waals surface area contributed by atoms with E-state index in [0.717, 1.165) is 16.7 Å². The van der Waals surface area contributed by atoms with Crippen molar-refractivity contribution in [1.82, 2.24) is 4.98 Å². The molecular formula is C24H17N2O4-. The van der Waals surface area contributed by atoms with Crippen LogP contribution in [-0.2, 0) is 11.2 Å². The normalized spacial score (nSPS) is 10.8. The quantitative estimate of drug-likeness (QED) is 0.373. The number of aromatic nitrogens is 1. The summed E-state index contributed by atoms with van der Waals surface area (Å²) in [5.41, 5.74) is 4.69. The van der Waals surface area contributed by atoms with Crippen molar-refractivity contribution in [1.29, 1.82) is 0 Å². The van der Waals surface area contributed by atoms with E-state index >= 15 is 0 Å². The highest BCUT2D eigenvalue weighted by molar-refractivity contribution is 6.01. The van der Waals surface area contributed by atoms with Crippen molar-refractivity contribution in [2.75, 3.05) is 0 Å². The van der Waals surface area contributed by atoms with Crippen LogP contribution in [0.3, 0.4) is 0 Å². The maximum atomic E-state index is 11.7. The van der Waals surface area contributed by atoms with Crippen molar-refractivity contribution in [2.24, 2.45) is 0 Å². The number of carboxylic acid groups (broad SMARTS) is 1. The van der Waals surface area contributed by atoms with Crippen LogP contribution in [-0.4, -0.2) is 15.9 Å². The number of carboxylic acids is 1. The minimum Gasteiger partial charge on any atom is -0.550 e. The van der Waals surface area contributed by atoms with Crippen molar-refractivity contribution in [3.05, 3.63) is 94.0 Å². The predicted molar refractivity (Wildman–Crippen MR) is 113 cm³/mol. The molecule has 1 aromatic heterocycles. The zero-order chi connectivity index (χ0) is 21.3. The van der Waals surface area contributed by atoms with Crippen LogP contribution < -0.4 is 5.11 Å². The molecule has 0 fully saturated rings. The summed E-state index contributed by atoms with van der Waals surface area (Å²) >= 11 is 0. The molecule has 4 aromatic rings. The second kappa shape index (κ2) is 7.75. The Kier molecular flexibility index (Phi) is 4.98. The van der Waals surface area contributed by atoms with E-state index in [1.807, 2.05) is 61.5 Å². The molecule has 148 valence electrons. The van der Waals surface area contributed by atoms with Crippen LogP contribution in [0.25, 0.3) is 33.3 Å². The number of hydrogen-bond acceptors (Lipinski definition) is 5. The van der Waals surface area contributed by atoms with Gasteiger partial charge in [-0.3, -0.25) is 10.1 Å². The number of pyridine rings is 1. The summed E-state index contributed by atoms with van der Waals surface area (Å²) in [4.78, 5) is 27.2. The van der Waals surface area contributed by atoms with Gasteiger partial charge in [0, 0.05) is 35.5 Å². The number of non-ortho nitro benzene ring substituents is 1. The fourth-order valence-electron chi connectivity index (χ4n) is 3.61. The van der Waals surface area contributed by atoms with Gasteiger partial charge in [-0.25, -0.2) is 4.98 Å². The number of fused-ring (bicyclic) bond motifs is 1. The molecule has 1 heterocycles. The van der Waals surface area contributed by atoms with Gasteiger partial charge in [0.15, 0.2) is 0 Å². The van der Waals surface area contributed by atoms with Crippen LogP contribution >= 0.6 is 0 Å². The largest absolute Gasteiger partial charge is 0.550 e. The summed E-state index contributed by atoms with van der Waals surface area (Å²) in [7, 11) is 0. The third-order valence-electron chi connectivity index (χ3n) is 4.99. The first-order valence-electron chi connectivity index (χ1n) is 9.37. The Bertz CT molecular complexity index is 1270. The van der Waals surface area contributed by atoms with E-state index in [2.05, 4.69) is 0 Å². The molecule has 0 bridgehead atoms. The third-order valence-corrected chi connectivity index (χ3v) is 4.99. The number of nitro groups is 1. The molecule has 0 N–H and O–H groups in total. The highest BCUT2D eigenvalue weighted by Gasteiger charge is 2.20. The molecule has 6 nitrogen and oxygen atoms in total. The Hall–Kier alpha value is -4.06. The molecule has 0 radical (unpaired) electrons. The van der Waals surface area contributed by atoms with Crippen LogP contribution in [0, 0.1) is 17.0 Å². The molecule has 4 rings (SSSR count). The maximum absolute atomic E-state index is 11.7. The van der Waals surface area contributed by atoms with E-state index in [1.165, 1.54) is 12.1 Å². The minimum atomic E-state index is -1.24. The van der Waals surface area contributed by atoms with Crippen molar-refractivity contribution in [3.8, 4) is 22.4 Å². The van der Waals surface area contributed by atoms with Crippen molar-refractivity contribution < 1.29 is 14.8 Å². The van der Waals surface area contributed by atoms with E-state index in [4.69, 9.17) is 4.98 Å². The number of benzene rings is 3. The fraction of sp³-hybridized carbons (Fsp3) is 0.0833. The second-order valence-electron chi connectivity index (χ2n) is 7.05. The van der Waals surface area contributed by atoms with Crippen molar-refractivity contribution in [3.63, 3.8) is 0 Å². The lowest BCUT2D eigenvalue weighted by atomic mass is 9.90. The Morgan fingerprint density at radius 2 is 1.67 bits per heavy atom. The Labute approximate surface area is 172 Å². The second-order valence-corrected chi connectivity index (χ2v) is 7.05. The lowest BCUT2D eigenvalue weighted by Gasteiger charge is -2.18. The molecule has 0 aliphatic rings. The molecule has 0 amide bonds. The first-order valence-corrected chi connectivity index (χ1v) is 9.37. The number of rotatable bonds is 5. The molecule has 0 unspecified atom stereocenters. The number of carbonyl (C=O) groups excluding carboxylic acids is 1. The zero-order valence-electron chi connectivity index (χ0n) is 16.2. The first-order chi connectivity index (χ1) is 14.4. The number of nitro benzene ring substituents is 1. The predicted octanol–water partition coefficient (Wildman–Crippen LogP) is 4.08. The van der Waals surface area contributed by atoms with Gasteiger partial charge in [0.1, 0.15) is 0 Å². The first kappa shape index (κ1) is 19.3. The Morgan fingerprint density at radius 1 is 0.967 bits per heavy atom. The van der Waals surface area contributed by atoms with E-state index < -0.39 is 10.9 Å². The number of nitrogens with zero attached hydrogens (tertiary/aromatic N) is 2. The van der Waals surface area contributed by atoms with Gasteiger partial charge < -0.3 is 9.90 Å². The highest BCUT2D eigenvalue weighted by atomic mass is 16.6. The molecule has 0 aliphatic carbocycles. The van der Waals surface area contributed by atoms with E-state index in [1.54, 1.807) is 6.07 Å². The van der Waals surface area contributed by atoms with Gasteiger partial charge in [-0.05, 0) is 29.7 Å². The summed E-state index contributed by atoms with van der Waals surface area (Å²) in [5.74, 6) is -1.24. The Morgan fingerprint density at radius 3 is 2.30 bits per heavy atom. The van der Waals surface area contributed by atoms with Gasteiger partial charge in [-0.15, -0.1) is 0 Å². The van der Waals surface area contributed by atoms with Crippen molar-refractivity contribution >= 4 is 22.6 Å². The van der Waals surface area contributed by atoms with Crippen molar-refractivity contribution in [2.45, 2.75) is 13.3 Å². The molecule has 6 heteroatoms. The van der Waals surface area contributed by atoms with E-state index in [0.29, 0.717) is 27.7 Å². The lowest BCUT2D eigenvalue weighted by molar-refractivity contribution is -0.384. The van der Waals surface area contributed by atoms with E-state index in [9.17, 15) is 20.0 Å². The lowest BCUT2D eigenvalue weighted by Crippen LogP contribution is -2.25.